The van der Waals surface area contributed by atoms with Crippen molar-refractivity contribution in [2.45, 2.75) is 6.42 Å². The number of hydrogen-bond acceptors (Lipinski definition) is 2. The van der Waals surface area contributed by atoms with Gasteiger partial charge in [-0.3, -0.25) is 4.79 Å². The second-order valence-electron chi connectivity index (χ2n) is 1.05. The molecule has 0 aliphatic carbocycles. The first-order valence-electron chi connectivity index (χ1n) is 1.70. The Morgan fingerprint density at radius 3 is 2.71 bits per heavy atom. The maximum Gasteiger partial charge on any atom is 0.245 e. The van der Waals surface area contributed by atoms with Gasteiger partial charge in [0, 0.05) is 6.21 Å². The molecule has 0 aromatic heterocycles. The normalized spacial score (nSPS) is 15.7. The molecule has 0 saturated heterocycles. The van der Waals surface area contributed by atoms with Crippen molar-refractivity contribution in [2.24, 2.45) is 5.10 Å². The predicted molar refractivity (Wildman–Crippen MR) is 31.6 cm³/mol. The first kappa shape index (κ1) is 6.62. The average Bonchev–Trinajstić information content (AvgIpc) is 1.86. The van der Waals surface area contributed by atoms with Crippen molar-refractivity contribution in [1.29, 1.82) is 0 Å². The van der Waals surface area contributed by atoms with Crippen molar-refractivity contribution in [3.05, 3.63) is 0 Å². The summed E-state index contributed by atoms with van der Waals surface area (Å²) in [5.41, 5.74) is 2.25. The molecule has 0 unspecified atom stereocenters. The number of nitrogens with zero attached hydrogens (tertiary/aromatic N) is 1. The maximum atomic E-state index is 10.0. The third-order valence-electron chi connectivity index (χ3n) is 0.557. The minimum Gasteiger partial charge on any atom is -0.273 e. The zero-order chi connectivity index (χ0) is 4.41. The molecule has 40 valence electrons. The van der Waals surface area contributed by atoms with Crippen LogP contribution >= 0.6 is 17.0 Å². The topological polar surface area (TPSA) is 41.5 Å². The molecule has 1 aliphatic heterocycles. The number of nitrogens with one attached hydrogen (secondary N) is 1. The van der Waals surface area contributed by atoms with Crippen LogP contribution in [0.25, 0.3) is 0 Å². The molecule has 1 rings (SSSR count). The third kappa shape index (κ3) is 1.68. The van der Waals surface area contributed by atoms with Gasteiger partial charge in [-0.05, 0) is 0 Å². The Morgan fingerprint density at radius 2 is 2.57 bits per heavy atom. The van der Waals surface area contributed by atoms with Crippen molar-refractivity contribution in [2.75, 3.05) is 0 Å². The second kappa shape index (κ2) is 2.74. The van der Waals surface area contributed by atoms with E-state index in [2.05, 4.69) is 10.5 Å². The minimum absolute atomic E-state index is 0. The smallest absolute Gasteiger partial charge is 0.245 e. The molecule has 1 N–H and O–H groups in total. The van der Waals surface area contributed by atoms with Crippen molar-refractivity contribution in [3.63, 3.8) is 0 Å². The van der Waals surface area contributed by atoms with Crippen LogP contribution in [-0.4, -0.2) is 12.1 Å². The zero-order valence-corrected chi connectivity index (χ0v) is 5.26. The Kier molecular flexibility index (Phi) is 2.59. The van der Waals surface area contributed by atoms with E-state index in [0.29, 0.717) is 6.42 Å². The van der Waals surface area contributed by atoms with Crippen LogP contribution in [0.15, 0.2) is 5.10 Å². The molecule has 0 radical (unpaired) electrons. The molecule has 4 heteroatoms. The molecule has 0 atom stereocenters. The Hall–Kier alpha value is -0.380. The van der Waals surface area contributed by atoms with Crippen LogP contribution in [0, 0.1) is 0 Å². The van der Waals surface area contributed by atoms with E-state index in [1.165, 1.54) is 0 Å². The van der Waals surface area contributed by atoms with E-state index >= 15 is 0 Å². The van der Waals surface area contributed by atoms with Gasteiger partial charge in [-0.15, -0.1) is 17.0 Å². The summed E-state index contributed by atoms with van der Waals surface area (Å²) in [6.07, 6.45) is 1.99. The number of hydrogen-bond donors (Lipinski definition) is 1. The van der Waals surface area contributed by atoms with Gasteiger partial charge in [-0.25, -0.2) is 5.43 Å². The lowest BCUT2D eigenvalue weighted by molar-refractivity contribution is -0.119. The van der Waals surface area contributed by atoms with E-state index < -0.39 is 0 Å². The quantitative estimate of drug-likeness (QED) is 0.542. The third-order valence-corrected chi connectivity index (χ3v) is 0.557. The van der Waals surface area contributed by atoms with Gasteiger partial charge in [0.25, 0.3) is 0 Å². The number of carbonyl (C=O) groups is 1. The van der Waals surface area contributed by atoms with E-state index in [0.717, 1.165) is 0 Å². The summed E-state index contributed by atoms with van der Waals surface area (Å²) in [6.45, 7) is 0. The summed E-state index contributed by atoms with van der Waals surface area (Å²) in [7, 11) is 0. The van der Waals surface area contributed by atoms with E-state index in [1.54, 1.807) is 6.21 Å². The molecule has 1 aliphatic rings. The number of hydrazone groups is 1. The summed E-state index contributed by atoms with van der Waals surface area (Å²) >= 11 is 0. The fraction of sp³-hybridized carbons (Fsp3) is 0.333. The van der Waals surface area contributed by atoms with Crippen LogP contribution < -0.4 is 5.43 Å². The molecule has 1 heterocycles. The lowest BCUT2D eigenvalue weighted by atomic mass is 10.5. The average molecular weight is 165 g/mol. The van der Waals surface area contributed by atoms with Gasteiger partial charge in [0.15, 0.2) is 0 Å². The molecule has 3 nitrogen and oxygen atoms in total. The molecule has 0 saturated carbocycles. The summed E-state index contributed by atoms with van der Waals surface area (Å²) in [5, 5.41) is 3.44. The van der Waals surface area contributed by atoms with Crippen LogP contribution in [-0.2, 0) is 4.79 Å². The number of halogens is 1. The maximum absolute atomic E-state index is 10.0. The van der Waals surface area contributed by atoms with Gasteiger partial charge in [-0.1, -0.05) is 0 Å². The molecular weight excluding hydrogens is 160 g/mol. The standard InChI is InChI=1S/C3H4N2O.BrH/c6-3-1-2-4-5-3;/h2H,1H2,(H,5,6);1H. The van der Waals surface area contributed by atoms with Crippen molar-refractivity contribution in [3.8, 4) is 0 Å². The summed E-state index contributed by atoms with van der Waals surface area (Å²) in [6, 6.07) is 0. The van der Waals surface area contributed by atoms with E-state index in [1.807, 2.05) is 0 Å². The van der Waals surface area contributed by atoms with Crippen molar-refractivity contribution in [1.82, 2.24) is 5.43 Å². The van der Waals surface area contributed by atoms with Crippen LogP contribution in [0.5, 0.6) is 0 Å². The Labute approximate surface area is 51.6 Å². The molecule has 0 aromatic rings. The Bertz CT molecular complexity index is 91.1. The highest BCUT2D eigenvalue weighted by atomic mass is 79.9. The van der Waals surface area contributed by atoms with Gasteiger partial charge in [0.1, 0.15) is 0 Å². The van der Waals surface area contributed by atoms with Gasteiger partial charge in [0.2, 0.25) is 5.91 Å². The number of amides is 1. The highest BCUT2D eigenvalue weighted by Crippen LogP contribution is 1.79. The van der Waals surface area contributed by atoms with E-state index in [-0.39, 0.29) is 22.9 Å². The lowest BCUT2D eigenvalue weighted by Gasteiger charge is -1.77. The first-order chi connectivity index (χ1) is 2.89. The fourth-order valence-corrected chi connectivity index (χ4v) is 0.292. The van der Waals surface area contributed by atoms with Gasteiger partial charge in [0.05, 0.1) is 6.42 Å². The zero-order valence-electron chi connectivity index (χ0n) is 3.55. The summed E-state index contributed by atoms with van der Waals surface area (Å²) < 4.78 is 0. The van der Waals surface area contributed by atoms with Crippen LogP contribution in [0.4, 0.5) is 0 Å². The van der Waals surface area contributed by atoms with Gasteiger partial charge in [-0.2, -0.15) is 5.10 Å². The fourth-order valence-electron chi connectivity index (χ4n) is 0.292. The lowest BCUT2D eigenvalue weighted by Crippen LogP contribution is -2.08. The number of carbonyl (C=O) groups excluding carboxylic acids is 1. The van der Waals surface area contributed by atoms with E-state index in [4.69, 9.17) is 0 Å². The van der Waals surface area contributed by atoms with Crippen molar-refractivity contribution < 1.29 is 4.79 Å². The first-order valence-corrected chi connectivity index (χ1v) is 1.70. The molecule has 0 fully saturated rings. The highest BCUT2D eigenvalue weighted by Gasteiger charge is 1.99. The molecule has 7 heavy (non-hydrogen) atoms. The van der Waals surface area contributed by atoms with Crippen LogP contribution in [0.1, 0.15) is 6.42 Å². The summed E-state index contributed by atoms with van der Waals surface area (Å²) in [4.78, 5) is 10.0. The minimum atomic E-state index is -0.0185. The summed E-state index contributed by atoms with van der Waals surface area (Å²) in [5.74, 6) is -0.0185. The SMILES string of the molecule is Br.O=C1CC=NN1. The predicted octanol–water partition coefficient (Wildman–Crippen LogP) is 0.0700. The number of rotatable bonds is 0. The Balaban J connectivity index is 0.000000360. The Morgan fingerprint density at radius 1 is 1.86 bits per heavy atom. The molecule has 0 aromatic carbocycles. The second-order valence-corrected chi connectivity index (χ2v) is 1.05. The van der Waals surface area contributed by atoms with E-state index in [9.17, 15) is 4.79 Å². The monoisotopic (exact) mass is 164 g/mol. The van der Waals surface area contributed by atoms with Crippen LogP contribution in [0.2, 0.25) is 0 Å². The van der Waals surface area contributed by atoms with Gasteiger partial charge < -0.3 is 0 Å². The molecule has 0 spiro atoms. The molecular formula is C3H5BrN2O. The van der Waals surface area contributed by atoms with Crippen molar-refractivity contribution >= 4 is 29.1 Å². The molecule has 1 amide bonds. The largest absolute Gasteiger partial charge is 0.273 e. The molecule has 0 bridgehead atoms. The highest BCUT2D eigenvalue weighted by molar-refractivity contribution is 8.93. The van der Waals surface area contributed by atoms with Gasteiger partial charge >= 0.3 is 0 Å². The van der Waals surface area contributed by atoms with Crippen LogP contribution in [0.3, 0.4) is 0 Å².